The molecule has 1 aromatic carbocycles. The van der Waals surface area contributed by atoms with Crippen LogP contribution in [0.5, 0.6) is 0 Å². The molecule has 3 aromatic rings. The van der Waals surface area contributed by atoms with Crippen molar-refractivity contribution in [3.05, 3.63) is 35.5 Å². The first kappa shape index (κ1) is 13.1. The maximum atomic E-state index is 8.89. The van der Waals surface area contributed by atoms with Crippen LogP contribution in [0.2, 0.25) is 0 Å². The molecule has 0 saturated heterocycles. The Balaban J connectivity index is 1.79. The van der Waals surface area contributed by atoms with Crippen LogP contribution in [0.1, 0.15) is 43.0 Å². The number of hydrogen-bond donors (Lipinski definition) is 1. The van der Waals surface area contributed by atoms with Crippen molar-refractivity contribution in [3.8, 4) is 17.5 Å². The number of rotatable bonds is 2. The van der Waals surface area contributed by atoms with Crippen molar-refractivity contribution in [1.82, 2.24) is 19.7 Å². The van der Waals surface area contributed by atoms with E-state index in [1.807, 2.05) is 31.2 Å². The summed E-state index contributed by atoms with van der Waals surface area (Å²) in [6, 6.07) is 10.1. The number of fused-ring (bicyclic) bond motifs is 1. The highest BCUT2D eigenvalue weighted by Gasteiger charge is 2.23. The number of H-pyrrole nitrogens is 1. The SMILES string of the molecule is Cc1nn(C2CCCC2)c2nc(-c3ccc(C#N)cc3)[nH]c12. The van der Waals surface area contributed by atoms with E-state index < -0.39 is 0 Å². The van der Waals surface area contributed by atoms with Crippen LogP contribution in [0, 0.1) is 18.3 Å². The monoisotopic (exact) mass is 291 g/mol. The summed E-state index contributed by atoms with van der Waals surface area (Å²) in [6.45, 7) is 2.02. The van der Waals surface area contributed by atoms with Gasteiger partial charge in [0.05, 0.1) is 23.4 Å². The first-order chi connectivity index (χ1) is 10.8. The highest BCUT2D eigenvalue weighted by molar-refractivity contribution is 5.79. The van der Waals surface area contributed by atoms with Gasteiger partial charge in [-0.1, -0.05) is 12.8 Å². The summed E-state index contributed by atoms with van der Waals surface area (Å²) in [5.41, 5.74) is 4.62. The Hall–Kier alpha value is -2.61. The van der Waals surface area contributed by atoms with Gasteiger partial charge >= 0.3 is 0 Å². The van der Waals surface area contributed by atoms with Gasteiger partial charge in [-0.05, 0) is 44.0 Å². The van der Waals surface area contributed by atoms with Crippen LogP contribution in [0.15, 0.2) is 24.3 Å². The number of imidazole rings is 1. The fourth-order valence-electron chi connectivity index (χ4n) is 3.28. The molecular weight excluding hydrogens is 274 g/mol. The van der Waals surface area contributed by atoms with Gasteiger partial charge in [-0.25, -0.2) is 9.67 Å². The molecule has 22 heavy (non-hydrogen) atoms. The number of benzene rings is 1. The molecule has 0 unspecified atom stereocenters. The van der Waals surface area contributed by atoms with Crippen LogP contribution in [0.3, 0.4) is 0 Å². The predicted molar refractivity (Wildman–Crippen MR) is 84.3 cm³/mol. The number of nitriles is 1. The summed E-state index contributed by atoms with van der Waals surface area (Å²) in [7, 11) is 0. The number of aryl methyl sites for hydroxylation is 1. The maximum absolute atomic E-state index is 8.89. The lowest BCUT2D eigenvalue weighted by molar-refractivity contribution is 0.476. The third-order valence-electron chi connectivity index (χ3n) is 4.48. The van der Waals surface area contributed by atoms with Crippen LogP contribution >= 0.6 is 0 Å². The van der Waals surface area contributed by atoms with Crippen molar-refractivity contribution in [2.24, 2.45) is 0 Å². The van der Waals surface area contributed by atoms with E-state index in [1.54, 1.807) is 0 Å². The molecule has 0 atom stereocenters. The minimum absolute atomic E-state index is 0.480. The molecule has 0 bridgehead atoms. The van der Waals surface area contributed by atoms with Gasteiger partial charge in [0, 0.05) is 5.56 Å². The Bertz CT molecular complexity index is 857. The molecular formula is C17H17N5. The Morgan fingerprint density at radius 2 is 1.95 bits per heavy atom. The van der Waals surface area contributed by atoms with Crippen LogP contribution in [0.25, 0.3) is 22.6 Å². The molecule has 0 spiro atoms. The van der Waals surface area contributed by atoms with Gasteiger partial charge in [0.15, 0.2) is 5.65 Å². The average Bonchev–Trinajstić information content (AvgIpc) is 3.26. The lowest BCUT2D eigenvalue weighted by atomic mass is 10.1. The first-order valence-corrected chi connectivity index (χ1v) is 7.71. The van der Waals surface area contributed by atoms with E-state index in [2.05, 4.69) is 20.8 Å². The first-order valence-electron chi connectivity index (χ1n) is 7.71. The summed E-state index contributed by atoms with van der Waals surface area (Å²) in [4.78, 5) is 8.15. The molecule has 2 aromatic heterocycles. The maximum Gasteiger partial charge on any atom is 0.177 e. The number of aromatic amines is 1. The topological polar surface area (TPSA) is 70.3 Å². The van der Waals surface area contributed by atoms with E-state index in [0.717, 1.165) is 28.2 Å². The van der Waals surface area contributed by atoms with Gasteiger partial charge in [0.1, 0.15) is 11.3 Å². The van der Waals surface area contributed by atoms with E-state index in [-0.39, 0.29) is 0 Å². The minimum Gasteiger partial charge on any atom is -0.335 e. The summed E-state index contributed by atoms with van der Waals surface area (Å²) >= 11 is 0. The van der Waals surface area contributed by atoms with E-state index in [4.69, 9.17) is 10.2 Å². The zero-order chi connectivity index (χ0) is 15.1. The smallest absolute Gasteiger partial charge is 0.177 e. The standard InChI is InChI=1S/C17H17N5/c1-11-15-17(22(21-11)14-4-2-3-5-14)20-16(19-15)13-8-6-12(10-18)7-9-13/h6-9,14H,2-5H2,1H3,(H,19,20). The number of hydrogen-bond acceptors (Lipinski definition) is 3. The Morgan fingerprint density at radius 3 is 2.64 bits per heavy atom. The fraction of sp³-hybridized carbons (Fsp3) is 0.353. The largest absolute Gasteiger partial charge is 0.335 e. The molecule has 0 radical (unpaired) electrons. The van der Waals surface area contributed by atoms with E-state index in [9.17, 15) is 0 Å². The summed E-state index contributed by atoms with van der Waals surface area (Å²) in [5.74, 6) is 0.840. The van der Waals surface area contributed by atoms with Crippen molar-refractivity contribution in [3.63, 3.8) is 0 Å². The van der Waals surface area contributed by atoms with Crippen molar-refractivity contribution in [1.29, 1.82) is 5.26 Å². The summed E-state index contributed by atoms with van der Waals surface area (Å²) < 4.78 is 2.10. The molecule has 0 amide bonds. The Morgan fingerprint density at radius 1 is 1.23 bits per heavy atom. The minimum atomic E-state index is 0.480. The number of nitrogens with zero attached hydrogens (tertiary/aromatic N) is 4. The molecule has 1 fully saturated rings. The molecule has 1 N–H and O–H groups in total. The molecule has 5 nitrogen and oxygen atoms in total. The number of aromatic nitrogens is 4. The molecule has 5 heteroatoms. The molecule has 1 aliphatic rings. The van der Waals surface area contributed by atoms with Gasteiger partial charge in [0.2, 0.25) is 0 Å². The van der Waals surface area contributed by atoms with Gasteiger partial charge in [-0.2, -0.15) is 10.4 Å². The van der Waals surface area contributed by atoms with Crippen molar-refractivity contribution in [2.75, 3.05) is 0 Å². The lowest BCUT2D eigenvalue weighted by Gasteiger charge is -2.09. The van der Waals surface area contributed by atoms with Crippen molar-refractivity contribution < 1.29 is 0 Å². The quantitative estimate of drug-likeness (QED) is 0.782. The van der Waals surface area contributed by atoms with Crippen LogP contribution < -0.4 is 0 Å². The highest BCUT2D eigenvalue weighted by atomic mass is 15.3. The van der Waals surface area contributed by atoms with Gasteiger partial charge in [-0.3, -0.25) is 0 Å². The molecule has 4 rings (SSSR count). The molecule has 1 aliphatic carbocycles. The van der Waals surface area contributed by atoms with Crippen LogP contribution in [0.4, 0.5) is 0 Å². The van der Waals surface area contributed by atoms with Crippen molar-refractivity contribution in [2.45, 2.75) is 38.6 Å². The van der Waals surface area contributed by atoms with Gasteiger partial charge in [0.25, 0.3) is 0 Å². The number of nitrogens with one attached hydrogen (secondary N) is 1. The highest BCUT2D eigenvalue weighted by Crippen LogP contribution is 2.32. The lowest BCUT2D eigenvalue weighted by Crippen LogP contribution is -2.07. The van der Waals surface area contributed by atoms with Crippen LogP contribution in [-0.2, 0) is 0 Å². The summed E-state index contributed by atoms with van der Waals surface area (Å²) in [5, 5.41) is 13.6. The Kier molecular flexibility index (Phi) is 2.97. The second kappa shape index (κ2) is 4.99. The normalized spacial score (nSPS) is 15.5. The molecule has 1 saturated carbocycles. The Labute approximate surface area is 128 Å². The molecule has 2 heterocycles. The second-order valence-corrected chi connectivity index (χ2v) is 5.94. The third kappa shape index (κ3) is 2.00. The van der Waals surface area contributed by atoms with Gasteiger partial charge < -0.3 is 4.98 Å². The van der Waals surface area contributed by atoms with E-state index in [0.29, 0.717) is 11.6 Å². The van der Waals surface area contributed by atoms with E-state index >= 15 is 0 Å². The van der Waals surface area contributed by atoms with Gasteiger partial charge in [-0.15, -0.1) is 0 Å². The zero-order valence-corrected chi connectivity index (χ0v) is 12.5. The molecule has 110 valence electrons. The second-order valence-electron chi connectivity index (χ2n) is 5.94. The van der Waals surface area contributed by atoms with Crippen LogP contribution in [-0.4, -0.2) is 19.7 Å². The third-order valence-corrected chi connectivity index (χ3v) is 4.48. The summed E-state index contributed by atoms with van der Waals surface area (Å²) in [6.07, 6.45) is 4.93. The average molecular weight is 291 g/mol. The molecule has 0 aliphatic heterocycles. The predicted octanol–water partition coefficient (Wildman–Crippen LogP) is 3.72. The fourth-order valence-corrected chi connectivity index (χ4v) is 3.28. The zero-order valence-electron chi connectivity index (χ0n) is 12.5. The van der Waals surface area contributed by atoms with Crippen molar-refractivity contribution >= 4 is 11.2 Å². The van der Waals surface area contributed by atoms with E-state index in [1.165, 1.54) is 25.7 Å².